The number of carbonyl (C=O) groups excluding carboxylic acids is 1. The molecular formula is C26H25N3OS. The topological polar surface area (TPSA) is 38.1 Å². The fourth-order valence-corrected chi connectivity index (χ4v) is 4.89. The Bertz CT molecular complexity index is 1220. The molecule has 2 heterocycles. The third-order valence-electron chi connectivity index (χ3n) is 6.01. The molecule has 31 heavy (non-hydrogen) atoms. The molecule has 4 nitrogen and oxygen atoms in total. The maximum absolute atomic E-state index is 12.9. The number of hydrogen-bond donors (Lipinski definition) is 0. The first-order valence-electron chi connectivity index (χ1n) is 10.7. The second kappa shape index (κ2) is 8.60. The van der Waals surface area contributed by atoms with Crippen molar-refractivity contribution in [3.8, 4) is 0 Å². The summed E-state index contributed by atoms with van der Waals surface area (Å²) in [5, 5.41) is 0. The molecule has 0 unspecified atom stereocenters. The molecule has 0 saturated carbocycles. The quantitative estimate of drug-likeness (QED) is 0.380. The van der Waals surface area contributed by atoms with E-state index in [1.807, 2.05) is 29.2 Å². The fraction of sp³-hybridized carbons (Fsp3) is 0.231. The Morgan fingerprint density at radius 2 is 1.81 bits per heavy atom. The Kier molecular flexibility index (Phi) is 5.51. The van der Waals surface area contributed by atoms with Crippen LogP contribution in [0, 0.1) is 0 Å². The average Bonchev–Trinajstić information content (AvgIpc) is 3.39. The first kappa shape index (κ1) is 19.9. The van der Waals surface area contributed by atoms with Gasteiger partial charge in [-0.05, 0) is 48.6 Å². The van der Waals surface area contributed by atoms with Crippen LogP contribution in [0.1, 0.15) is 23.7 Å². The number of imidazole rings is 1. The third kappa shape index (κ3) is 3.98. The Morgan fingerprint density at radius 1 is 1.00 bits per heavy atom. The van der Waals surface area contributed by atoms with Crippen molar-refractivity contribution in [3.63, 3.8) is 0 Å². The van der Waals surface area contributed by atoms with Crippen molar-refractivity contribution in [3.05, 3.63) is 90.3 Å². The van der Waals surface area contributed by atoms with Gasteiger partial charge >= 0.3 is 0 Å². The number of anilines is 1. The summed E-state index contributed by atoms with van der Waals surface area (Å²) in [6, 6.07) is 27.1. The van der Waals surface area contributed by atoms with Crippen LogP contribution in [0.3, 0.4) is 0 Å². The summed E-state index contributed by atoms with van der Waals surface area (Å²) in [6.45, 7) is 1.53. The average molecular weight is 428 g/mol. The molecule has 1 amide bonds. The Morgan fingerprint density at radius 3 is 2.65 bits per heavy atom. The highest BCUT2D eigenvalue weighted by molar-refractivity contribution is 7.98. The standard InChI is InChI=1S/C26H25N3OS/c1-31-22-11-7-10-21(17-22)29-18-20(16-25(29)30)26-27-23-12-5-6-13-24(23)28(26)15-14-19-8-3-2-4-9-19/h2-13,17,20H,14-16,18H2,1H3/t20-/m1/s1. The van der Waals surface area contributed by atoms with Gasteiger partial charge in [-0.3, -0.25) is 4.79 Å². The lowest BCUT2D eigenvalue weighted by Crippen LogP contribution is -2.24. The molecule has 1 aliphatic rings. The number of amides is 1. The van der Waals surface area contributed by atoms with Crippen LogP contribution in [-0.2, 0) is 17.8 Å². The van der Waals surface area contributed by atoms with Gasteiger partial charge in [0, 0.05) is 36.0 Å². The molecule has 0 aliphatic carbocycles. The molecule has 0 spiro atoms. The van der Waals surface area contributed by atoms with Crippen molar-refractivity contribution in [1.29, 1.82) is 0 Å². The number of para-hydroxylation sites is 2. The summed E-state index contributed by atoms with van der Waals surface area (Å²) in [4.78, 5) is 21.0. The van der Waals surface area contributed by atoms with E-state index in [1.54, 1.807) is 11.8 Å². The molecule has 156 valence electrons. The second-order valence-corrected chi connectivity index (χ2v) is 8.83. The lowest BCUT2D eigenvalue weighted by molar-refractivity contribution is -0.117. The first-order valence-corrected chi connectivity index (χ1v) is 11.9. The number of fused-ring (bicyclic) bond motifs is 1. The van der Waals surface area contributed by atoms with Crippen molar-refractivity contribution >= 4 is 34.4 Å². The van der Waals surface area contributed by atoms with E-state index in [0.29, 0.717) is 13.0 Å². The predicted octanol–water partition coefficient (Wildman–Crippen LogP) is 5.52. The van der Waals surface area contributed by atoms with Crippen molar-refractivity contribution in [2.75, 3.05) is 17.7 Å². The van der Waals surface area contributed by atoms with Crippen LogP contribution in [0.25, 0.3) is 11.0 Å². The second-order valence-electron chi connectivity index (χ2n) is 7.95. The number of hydrogen-bond acceptors (Lipinski definition) is 3. The number of carbonyl (C=O) groups is 1. The summed E-state index contributed by atoms with van der Waals surface area (Å²) in [7, 11) is 0. The van der Waals surface area contributed by atoms with Gasteiger partial charge in [-0.25, -0.2) is 4.98 Å². The van der Waals surface area contributed by atoms with Crippen molar-refractivity contribution in [2.24, 2.45) is 0 Å². The molecule has 1 saturated heterocycles. The minimum atomic E-state index is 0.0913. The highest BCUT2D eigenvalue weighted by Gasteiger charge is 2.34. The van der Waals surface area contributed by atoms with Crippen LogP contribution < -0.4 is 4.90 Å². The number of aryl methyl sites for hydroxylation is 2. The zero-order valence-corrected chi connectivity index (χ0v) is 18.4. The molecule has 1 aliphatic heterocycles. The van der Waals surface area contributed by atoms with Crippen molar-refractivity contribution < 1.29 is 4.79 Å². The van der Waals surface area contributed by atoms with Crippen LogP contribution in [-0.4, -0.2) is 28.3 Å². The minimum absolute atomic E-state index is 0.0913. The number of benzene rings is 3. The number of rotatable bonds is 6. The normalized spacial score (nSPS) is 16.4. The zero-order valence-electron chi connectivity index (χ0n) is 17.6. The SMILES string of the molecule is CSc1cccc(N2C[C@H](c3nc4ccccc4n3CCc3ccccc3)CC2=O)c1. The van der Waals surface area contributed by atoms with Crippen LogP contribution in [0.2, 0.25) is 0 Å². The predicted molar refractivity (Wildman–Crippen MR) is 128 cm³/mol. The summed E-state index contributed by atoms with van der Waals surface area (Å²) >= 11 is 1.70. The van der Waals surface area contributed by atoms with E-state index in [2.05, 4.69) is 65.4 Å². The largest absolute Gasteiger partial charge is 0.327 e. The molecule has 0 N–H and O–H groups in total. The molecule has 1 aromatic heterocycles. The van der Waals surface area contributed by atoms with E-state index in [9.17, 15) is 4.79 Å². The van der Waals surface area contributed by atoms with Crippen molar-refractivity contribution in [2.45, 2.75) is 30.2 Å². The van der Waals surface area contributed by atoms with Crippen LogP contribution in [0.15, 0.2) is 83.8 Å². The Hall–Kier alpha value is -3.05. The van der Waals surface area contributed by atoms with Crippen LogP contribution >= 0.6 is 11.8 Å². The van der Waals surface area contributed by atoms with Crippen LogP contribution in [0.5, 0.6) is 0 Å². The number of aromatic nitrogens is 2. The first-order chi connectivity index (χ1) is 15.2. The molecular weight excluding hydrogens is 402 g/mol. The molecule has 1 atom stereocenters. The maximum Gasteiger partial charge on any atom is 0.227 e. The molecule has 3 aromatic carbocycles. The van der Waals surface area contributed by atoms with Gasteiger partial charge in [0.25, 0.3) is 0 Å². The van der Waals surface area contributed by atoms with E-state index in [-0.39, 0.29) is 11.8 Å². The molecule has 4 aromatic rings. The van der Waals surface area contributed by atoms with E-state index in [1.165, 1.54) is 10.5 Å². The highest BCUT2D eigenvalue weighted by atomic mass is 32.2. The lowest BCUT2D eigenvalue weighted by atomic mass is 10.1. The smallest absolute Gasteiger partial charge is 0.227 e. The van der Waals surface area contributed by atoms with E-state index >= 15 is 0 Å². The monoisotopic (exact) mass is 427 g/mol. The zero-order chi connectivity index (χ0) is 21.2. The van der Waals surface area contributed by atoms with E-state index in [4.69, 9.17) is 4.98 Å². The summed E-state index contributed by atoms with van der Waals surface area (Å²) in [6.07, 6.45) is 3.50. The third-order valence-corrected chi connectivity index (χ3v) is 6.73. The molecule has 1 fully saturated rings. The lowest BCUT2D eigenvalue weighted by Gasteiger charge is -2.18. The summed E-state index contributed by atoms with van der Waals surface area (Å²) < 4.78 is 2.32. The summed E-state index contributed by atoms with van der Waals surface area (Å²) in [5.41, 5.74) is 4.43. The fourth-order valence-electron chi connectivity index (χ4n) is 4.43. The van der Waals surface area contributed by atoms with Gasteiger partial charge in [-0.2, -0.15) is 0 Å². The van der Waals surface area contributed by atoms with Gasteiger partial charge in [0.2, 0.25) is 5.91 Å². The number of nitrogens with zero attached hydrogens (tertiary/aromatic N) is 3. The summed E-state index contributed by atoms with van der Waals surface area (Å²) in [5.74, 6) is 1.28. The van der Waals surface area contributed by atoms with E-state index in [0.717, 1.165) is 35.5 Å². The van der Waals surface area contributed by atoms with Crippen molar-refractivity contribution in [1.82, 2.24) is 9.55 Å². The van der Waals surface area contributed by atoms with Gasteiger partial charge in [0.1, 0.15) is 5.82 Å². The maximum atomic E-state index is 12.9. The Labute approximate surface area is 186 Å². The number of thioether (sulfide) groups is 1. The highest BCUT2D eigenvalue weighted by Crippen LogP contribution is 2.34. The van der Waals surface area contributed by atoms with Crippen LogP contribution in [0.4, 0.5) is 5.69 Å². The van der Waals surface area contributed by atoms with Gasteiger partial charge in [0.15, 0.2) is 0 Å². The molecule has 0 radical (unpaired) electrons. The van der Waals surface area contributed by atoms with Gasteiger partial charge in [-0.15, -0.1) is 11.8 Å². The van der Waals surface area contributed by atoms with Gasteiger partial charge in [0.05, 0.1) is 11.0 Å². The molecule has 5 rings (SSSR count). The van der Waals surface area contributed by atoms with E-state index < -0.39 is 0 Å². The van der Waals surface area contributed by atoms with Gasteiger partial charge < -0.3 is 9.47 Å². The minimum Gasteiger partial charge on any atom is -0.327 e. The molecule has 0 bridgehead atoms. The van der Waals surface area contributed by atoms with Gasteiger partial charge in [-0.1, -0.05) is 48.5 Å². The Balaban J connectivity index is 1.46. The molecule has 5 heteroatoms.